The zero-order chi connectivity index (χ0) is 9.26. The van der Waals surface area contributed by atoms with Crippen molar-refractivity contribution in [3.63, 3.8) is 0 Å². The molecule has 0 fully saturated rings. The summed E-state index contributed by atoms with van der Waals surface area (Å²) in [5, 5.41) is 0. The highest BCUT2D eigenvalue weighted by Crippen LogP contribution is 2.31. The summed E-state index contributed by atoms with van der Waals surface area (Å²) in [6.07, 6.45) is 0. The van der Waals surface area contributed by atoms with Gasteiger partial charge in [-0.05, 0) is 6.07 Å². The van der Waals surface area contributed by atoms with E-state index in [0.29, 0.717) is 17.2 Å². The first-order valence-electron chi connectivity index (χ1n) is 3.89. The second-order valence-corrected chi connectivity index (χ2v) is 3.03. The number of halogens is 2. The predicted molar refractivity (Wildman–Crippen MR) is 46.2 cm³/mol. The summed E-state index contributed by atoms with van der Waals surface area (Å²) in [5.41, 5.74) is 1.27. The van der Waals surface area contributed by atoms with Crippen molar-refractivity contribution in [2.24, 2.45) is 0 Å². The molecule has 0 aromatic heterocycles. The van der Waals surface area contributed by atoms with Gasteiger partial charge in [-0.2, -0.15) is 0 Å². The van der Waals surface area contributed by atoms with Gasteiger partial charge >= 0.3 is 0 Å². The Morgan fingerprint density at radius 2 is 2.31 bits per heavy atom. The fraction of sp³-hybridized carbons (Fsp3) is 0.333. The van der Waals surface area contributed by atoms with Crippen molar-refractivity contribution in [3.05, 3.63) is 29.1 Å². The van der Waals surface area contributed by atoms with E-state index in [9.17, 15) is 4.39 Å². The van der Waals surface area contributed by atoms with E-state index in [2.05, 4.69) is 0 Å². The molecule has 0 aliphatic carbocycles. The van der Waals surface area contributed by atoms with Crippen LogP contribution in [0, 0.1) is 5.82 Å². The molecule has 1 aliphatic rings. The summed E-state index contributed by atoms with van der Waals surface area (Å²) < 4.78 is 23.3. The second-order valence-electron chi connectivity index (χ2n) is 2.76. The Kier molecular flexibility index (Phi) is 2.38. The molecule has 1 aliphatic heterocycles. The Balaban J connectivity index is 2.52. The monoisotopic (exact) mass is 202 g/mol. The number of ether oxygens (including phenoxy) is 2. The van der Waals surface area contributed by atoms with Gasteiger partial charge in [-0.25, -0.2) is 4.39 Å². The van der Waals surface area contributed by atoms with Crippen LogP contribution in [0.4, 0.5) is 4.39 Å². The van der Waals surface area contributed by atoms with E-state index in [1.807, 2.05) is 0 Å². The molecule has 2 nitrogen and oxygen atoms in total. The van der Waals surface area contributed by atoms with Gasteiger partial charge in [-0.1, -0.05) is 6.07 Å². The quantitative estimate of drug-likeness (QED) is 0.652. The second kappa shape index (κ2) is 3.52. The van der Waals surface area contributed by atoms with E-state index >= 15 is 0 Å². The van der Waals surface area contributed by atoms with E-state index in [0.717, 1.165) is 5.56 Å². The lowest BCUT2D eigenvalue weighted by atomic mass is 10.1. The third-order valence-electron chi connectivity index (χ3n) is 1.96. The fourth-order valence-corrected chi connectivity index (χ4v) is 1.53. The van der Waals surface area contributed by atoms with Crippen molar-refractivity contribution in [3.8, 4) is 5.75 Å². The van der Waals surface area contributed by atoms with Crippen molar-refractivity contribution in [2.45, 2.75) is 12.5 Å². The van der Waals surface area contributed by atoms with Gasteiger partial charge in [0.1, 0.15) is 11.6 Å². The molecule has 1 aromatic carbocycles. The number of benzene rings is 1. The van der Waals surface area contributed by atoms with E-state index in [1.165, 1.54) is 6.07 Å². The molecule has 70 valence electrons. The van der Waals surface area contributed by atoms with Crippen molar-refractivity contribution in [1.82, 2.24) is 0 Å². The summed E-state index contributed by atoms with van der Waals surface area (Å²) >= 11 is 5.67. The zero-order valence-electron chi connectivity index (χ0n) is 6.85. The minimum atomic E-state index is -0.302. The summed E-state index contributed by atoms with van der Waals surface area (Å²) in [6.45, 7) is 0.423. The van der Waals surface area contributed by atoms with Gasteiger partial charge < -0.3 is 9.47 Å². The SMILES string of the molecule is Fc1ccc(CCl)c2c1COCO2. The average molecular weight is 203 g/mol. The lowest BCUT2D eigenvalue weighted by Gasteiger charge is -2.20. The first-order chi connectivity index (χ1) is 6.33. The number of fused-ring (bicyclic) bond motifs is 1. The molecule has 0 atom stereocenters. The van der Waals surface area contributed by atoms with Crippen LogP contribution in [0.2, 0.25) is 0 Å². The van der Waals surface area contributed by atoms with E-state index < -0.39 is 0 Å². The normalized spacial score (nSPS) is 14.9. The highest BCUT2D eigenvalue weighted by molar-refractivity contribution is 6.17. The fourth-order valence-electron chi connectivity index (χ4n) is 1.32. The first-order valence-corrected chi connectivity index (χ1v) is 4.43. The van der Waals surface area contributed by atoms with Gasteiger partial charge in [-0.15, -0.1) is 11.6 Å². The molecule has 0 amide bonds. The first kappa shape index (κ1) is 8.78. The van der Waals surface area contributed by atoms with Gasteiger partial charge in [0, 0.05) is 5.56 Å². The predicted octanol–water partition coefficient (Wildman–Crippen LogP) is 2.43. The highest BCUT2D eigenvalue weighted by atomic mass is 35.5. The van der Waals surface area contributed by atoms with Crippen molar-refractivity contribution in [1.29, 1.82) is 0 Å². The molecule has 1 aromatic rings. The van der Waals surface area contributed by atoms with E-state index in [1.54, 1.807) is 6.07 Å². The molecular weight excluding hydrogens is 195 g/mol. The maximum Gasteiger partial charge on any atom is 0.189 e. The van der Waals surface area contributed by atoms with Gasteiger partial charge in [0.25, 0.3) is 0 Å². The van der Waals surface area contributed by atoms with Crippen LogP contribution in [0.3, 0.4) is 0 Å². The van der Waals surface area contributed by atoms with Crippen molar-refractivity contribution < 1.29 is 13.9 Å². The third kappa shape index (κ3) is 1.49. The van der Waals surface area contributed by atoms with Gasteiger partial charge in [0.05, 0.1) is 18.1 Å². The molecule has 4 heteroatoms. The summed E-state index contributed by atoms with van der Waals surface area (Å²) in [7, 11) is 0. The molecule has 0 saturated carbocycles. The van der Waals surface area contributed by atoms with Gasteiger partial charge in [-0.3, -0.25) is 0 Å². The van der Waals surface area contributed by atoms with Crippen LogP contribution in [-0.2, 0) is 17.2 Å². The lowest BCUT2D eigenvalue weighted by Crippen LogP contribution is -2.14. The van der Waals surface area contributed by atoms with Crippen LogP contribution in [0.15, 0.2) is 12.1 Å². The molecule has 0 saturated heterocycles. The van der Waals surface area contributed by atoms with Crippen LogP contribution in [-0.4, -0.2) is 6.79 Å². The Hall–Kier alpha value is -0.800. The lowest BCUT2D eigenvalue weighted by molar-refractivity contribution is -0.0187. The molecule has 13 heavy (non-hydrogen) atoms. The molecular formula is C9H8ClFO2. The molecule has 2 rings (SSSR count). The average Bonchev–Trinajstić information content (AvgIpc) is 2.19. The molecule has 0 unspecified atom stereocenters. The maximum absolute atomic E-state index is 13.2. The topological polar surface area (TPSA) is 18.5 Å². The third-order valence-corrected chi connectivity index (χ3v) is 2.25. The molecule has 0 spiro atoms. The Labute approximate surface area is 80.2 Å². The molecule has 0 N–H and O–H groups in total. The minimum Gasteiger partial charge on any atom is -0.467 e. The van der Waals surface area contributed by atoms with Crippen molar-refractivity contribution in [2.75, 3.05) is 6.79 Å². The Morgan fingerprint density at radius 3 is 3.08 bits per heavy atom. The standard InChI is InChI=1S/C9H8ClFO2/c10-3-6-1-2-8(11)7-4-12-5-13-9(6)7/h1-2H,3-5H2. The highest BCUT2D eigenvalue weighted by Gasteiger charge is 2.18. The summed E-state index contributed by atoms with van der Waals surface area (Å²) in [6, 6.07) is 3.01. The largest absolute Gasteiger partial charge is 0.467 e. The van der Waals surface area contributed by atoms with Gasteiger partial charge in [0.15, 0.2) is 6.79 Å². The van der Waals surface area contributed by atoms with Crippen LogP contribution in [0.5, 0.6) is 5.75 Å². The number of hydrogen-bond acceptors (Lipinski definition) is 2. The maximum atomic E-state index is 13.2. The van der Waals surface area contributed by atoms with Crippen LogP contribution >= 0.6 is 11.6 Å². The van der Waals surface area contributed by atoms with Crippen LogP contribution in [0.25, 0.3) is 0 Å². The number of hydrogen-bond donors (Lipinski definition) is 0. The van der Waals surface area contributed by atoms with Crippen molar-refractivity contribution >= 4 is 11.6 Å². The molecule has 1 heterocycles. The summed E-state index contributed by atoms with van der Waals surface area (Å²) in [5.74, 6) is 0.563. The van der Waals surface area contributed by atoms with E-state index in [-0.39, 0.29) is 19.2 Å². The Bertz CT molecular complexity index is 328. The zero-order valence-corrected chi connectivity index (χ0v) is 7.60. The van der Waals surface area contributed by atoms with Crippen LogP contribution < -0.4 is 4.74 Å². The Morgan fingerprint density at radius 1 is 1.46 bits per heavy atom. The molecule has 0 radical (unpaired) electrons. The minimum absolute atomic E-state index is 0.167. The van der Waals surface area contributed by atoms with Crippen LogP contribution in [0.1, 0.15) is 11.1 Å². The smallest absolute Gasteiger partial charge is 0.189 e. The summed E-state index contributed by atoms with van der Waals surface area (Å²) in [4.78, 5) is 0. The number of alkyl halides is 1. The van der Waals surface area contributed by atoms with E-state index in [4.69, 9.17) is 21.1 Å². The van der Waals surface area contributed by atoms with Gasteiger partial charge in [0.2, 0.25) is 0 Å². The molecule has 0 bridgehead atoms. The number of rotatable bonds is 1.